The van der Waals surface area contributed by atoms with Gasteiger partial charge in [0, 0.05) is 25.6 Å². The van der Waals surface area contributed by atoms with Gasteiger partial charge in [0.05, 0.1) is 12.2 Å². The number of piperidine rings is 1. The van der Waals surface area contributed by atoms with Crippen LogP contribution in [0.3, 0.4) is 0 Å². The fraction of sp³-hybridized carbons (Fsp3) is 0.929. The summed E-state index contributed by atoms with van der Waals surface area (Å²) in [7, 11) is 0. The van der Waals surface area contributed by atoms with Gasteiger partial charge in [0.1, 0.15) is 0 Å². The summed E-state index contributed by atoms with van der Waals surface area (Å²) in [6.07, 6.45) is 8.47. The lowest BCUT2D eigenvalue weighted by molar-refractivity contribution is -0.140. The van der Waals surface area contributed by atoms with Crippen LogP contribution in [0.15, 0.2) is 0 Å². The number of fused-ring (bicyclic) bond motifs is 2. The van der Waals surface area contributed by atoms with Gasteiger partial charge in [-0.1, -0.05) is 6.42 Å². The van der Waals surface area contributed by atoms with Crippen molar-refractivity contribution in [3.8, 4) is 0 Å². The number of carbonyl (C=O) groups excluding carboxylic acids is 1. The summed E-state index contributed by atoms with van der Waals surface area (Å²) in [5.74, 6) is 0.336. The van der Waals surface area contributed by atoms with Crippen molar-refractivity contribution in [2.75, 3.05) is 19.6 Å². The minimum absolute atomic E-state index is 0.320. The van der Waals surface area contributed by atoms with Crippen molar-refractivity contribution in [2.45, 2.75) is 63.2 Å². The zero-order chi connectivity index (χ0) is 12.4. The Morgan fingerprint density at radius 2 is 1.94 bits per heavy atom. The first-order chi connectivity index (χ1) is 8.81. The molecule has 3 aliphatic rings. The topological polar surface area (TPSA) is 41.6 Å². The number of rotatable bonds is 3. The van der Waals surface area contributed by atoms with Crippen LogP contribution in [0.4, 0.5) is 0 Å². The Bertz CT molecular complexity index is 290. The molecular weight excluding hydrogens is 228 g/mol. The molecule has 4 nitrogen and oxygen atoms in total. The van der Waals surface area contributed by atoms with Gasteiger partial charge in [-0.2, -0.15) is 0 Å². The summed E-state index contributed by atoms with van der Waals surface area (Å²) in [4.78, 5) is 14.2. The highest BCUT2D eigenvalue weighted by Crippen LogP contribution is 2.26. The molecule has 0 radical (unpaired) electrons. The summed E-state index contributed by atoms with van der Waals surface area (Å²) in [6.45, 7) is 2.78. The van der Waals surface area contributed by atoms with Gasteiger partial charge >= 0.3 is 0 Å². The molecule has 0 saturated carbocycles. The Kier molecular flexibility index (Phi) is 3.85. The molecule has 1 amide bonds. The van der Waals surface area contributed by atoms with Gasteiger partial charge in [0.2, 0.25) is 5.91 Å². The molecule has 0 aromatic rings. The van der Waals surface area contributed by atoms with Crippen LogP contribution in [0.25, 0.3) is 0 Å². The van der Waals surface area contributed by atoms with Crippen LogP contribution in [0.5, 0.6) is 0 Å². The number of hydrogen-bond donors (Lipinski definition) is 1. The Hall–Kier alpha value is -0.610. The van der Waals surface area contributed by atoms with Crippen LogP contribution in [0.1, 0.15) is 44.9 Å². The number of likely N-dealkylation sites (tertiary alicyclic amines) is 1. The molecule has 0 aromatic carbocycles. The second kappa shape index (κ2) is 5.57. The van der Waals surface area contributed by atoms with E-state index in [0.717, 1.165) is 38.9 Å². The van der Waals surface area contributed by atoms with Crippen LogP contribution < -0.4 is 5.32 Å². The molecular formula is C14H24N2O2. The minimum Gasteiger partial charge on any atom is -0.371 e. The lowest BCUT2D eigenvalue weighted by atomic mass is 10.0. The zero-order valence-corrected chi connectivity index (χ0v) is 11.1. The van der Waals surface area contributed by atoms with E-state index in [1.807, 2.05) is 4.90 Å². The molecule has 102 valence electrons. The summed E-state index contributed by atoms with van der Waals surface area (Å²) in [5, 5.41) is 3.51. The van der Waals surface area contributed by atoms with Gasteiger partial charge in [0.15, 0.2) is 0 Å². The van der Waals surface area contributed by atoms with E-state index in [4.69, 9.17) is 4.74 Å². The van der Waals surface area contributed by atoms with Crippen LogP contribution in [0.2, 0.25) is 0 Å². The van der Waals surface area contributed by atoms with Crippen molar-refractivity contribution >= 4 is 5.91 Å². The maximum Gasteiger partial charge on any atom is 0.222 e. The van der Waals surface area contributed by atoms with Crippen molar-refractivity contribution in [3.05, 3.63) is 0 Å². The summed E-state index contributed by atoms with van der Waals surface area (Å²) < 4.78 is 5.77. The summed E-state index contributed by atoms with van der Waals surface area (Å²) in [5.41, 5.74) is 0. The molecule has 3 aliphatic heterocycles. The lowest BCUT2D eigenvalue weighted by Crippen LogP contribution is -2.46. The minimum atomic E-state index is 0.320. The zero-order valence-electron chi connectivity index (χ0n) is 11.1. The lowest BCUT2D eigenvalue weighted by Gasteiger charge is -2.32. The molecule has 18 heavy (non-hydrogen) atoms. The normalized spacial score (nSPS) is 35.8. The second-order valence-corrected chi connectivity index (χ2v) is 5.94. The van der Waals surface area contributed by atoms with E-state index in [-0.39, 0.29) is 0 Å². The number of hydrogen-bond acceptors (Lipinski definition) is 3. The van der Waals surface area contributed by atoms with E-state index in [9.17, 15) is 4.79 Å². The number of ether oxygens (including phenoxy) is 1. The third-order valence-electron chi connectivity index (χ3n) is 4.52. The van der Waals surface area contributed by atoms with Crippen molar-refractivity contribution < 1.29 is 9.53 Å². The van der Waals surface area contributed by atoms with E-state index >= 15 is 0 Å². The molecule has 3 saturated heterocycles. The predicted octanol–water partition coefficient (Wildman–Crippen LogP) is 1.30. The number of morpholine rings is 1. The van der Waals surface area contributed by atoms with Crippen LogP contribution in [-0.4, -0.2) is 48.7 Å². The first-order valence-electron chi connectivity index (χ1n) is 7.48. The summed E-state index contributed by atoms with van der Waals surface area (Å²) in [6, 6.07) is 0.570. The van der Waals surface area contributed by atoms with E-state index < -0.39 is 0 Å². The van der Waals surface area contributed by atoms with Crippen molar-refractivity contribution in [3.63, 3.8) is 0 Å². The molecule has 0 spiro atoms. The van der Waals surface area contributed by atoms with Crippen molar-refractivity contribution in [1.82, 2.24) is 10.2 Å². The van der Waals surface area contributed by atoms with Gasteiger partial charge in [-0.15, -0.1) is 0 Å². The predicted molar refractivity (Wildman–Crippen MR) is 69.4 cm³/mol. The summed E-state index contributed by atoms with van der Waals surface area (Å²) >= 11 is 0. The highest BCUT2D eigenvalue weighted by atomic mass is 16.5. The standard InChI is InChI=1S/C14H24N2O2/c17-14(7-4-11-3-1-2-8-15-11)16-9-12-5-6-13(10-16)18-12/h11-13,15H,1-10H2. The molecule has 3 fully saturated rings. The van der Waals surface area contributed by atoms with Gasteiger partial charge in [0.25, 0.3) is 0 Å². The van der Waals surface area contributed by atoms with Gasteiger partial charge in [-0.05, 0) is 38.6 Å². The van der Waals surface area contributed by atoms with E-state index in [0.29, 0.717) is 30.6 Å². The largest absolute Gasteiger partial charge is 0.371 e. The molecule has 3 atom stereocenters. The highest BCUT2D eigenvalue weighted by molar-refractivity contribution is 5.76. The number of carbonyl (C=O) groups is 1. The maximum absolute atomic E-state index is 12.2. The van der Waals surface area contributed by atoms with Gasteiger partial charge in [-0.25, -0.2) is 0 Å². The molecule has 3 heterocycles. The Morgan fingerprint density at radius 3 is 2.61 bits per heavy atom. The molecule has 3 rings (SSSR count). The average molecular weight is 252 g/mol. The Labute approximate surface area is 109 Å². The molecule has 0 aliphatic carbocycles. The Balaban J connectivity index is 1.43. The first-order valence-corrected chi connectivity index (χ1v) is 7.48. The second-order valence-electron chi connectivity index (χ2n) is 5.94. The van der Waals surface area contributed by atoms with E-state index in [2.05, 4.69) is 5.32 Å². The third kappa shape index (κ3) is 2.86. The smallest absolute Gasteiger partial charge is 0.222 e. The SMILES string of the molecule is O=C(CCC1CCCCN1)N1CC2CCC(C1)O2. The van der Waals surface area contributed by atoms with Gasteiger partial charge in [-0.3, -0.25) is 4.79 Å². The van der Waals surface area contributed by atoms with Crippen LogP contribution in [-0.2, 0) is 9.53 Å². The number of amides is 1. The van der Waals surface area contributed by atoms with Crippen molar-refractivity contribution in [1.29, 1.82) is 0 Å². The molecule has 4 heteroatoms. The van der Waals surface area contributed by atoms with E-state index in [1.54, 1.807) is 0 Å². The third-order valence-corrected chi connectivity index (χ3v) is 4.52. The fourth-order valence-corrected chi connectivity index (χ4v) is 3.44. The average Bonchev–Trinajstić information content (AvgIpc) is 2.76. The number of nitrogens with zero attached hydrogens (tertiary/aromatic N) is 1. The van der Waals surface area contributed by atoms with Crippen LogP contribution in [0, 0.1) is 0 Å². The maximum atomic E-state index is 12.2. The van der Waals surface area contributed by atoms with Crippen LogP contribution >= 0.6 is 0 Å². The first kappa shape index (κ1) is 12.4. The quantitative estimate of drug-likeness (QED) is 0.823. The Morgan fingerprint density at radius 1 is 1.17 bits per heavy atom. The number of nitrogens with one attached hydrogen (secondary N) is 1. The fourth-order valence-electron chi connectivity index (χ4n) is 3.44. The molecule has 2 bridgehead atoms. The molecule has 1 N–H and O–H groups in total. The molecule has 3 unspecified atom stereocenters. The van der Waals surface area contributed by atoms with Crippen molar-refractivity contribution in [2.24, 2.45) is 0 Å². The highest BCUT2D eigenvalue weighted by Gasteiger charge is 2.35. The van der Waals surface area contributed by atoms with E-state index in [1.165, 1.54) is 19.3 Å². The molecule has 0 aromatic heterocycles. The monoisotopic (exact) mass is 252 g/mol. The van der Waals surface area contributed by atoms with Gasteiger partial charge < -0.3 is 15.0 Å².